The van der Waals surface area contributed by atoms with Crippen molar-refractivity contribution in [3.63, 3.8) is 0 Å². The minimum absolute atomic E-state index is 0.0370. The molecule has 1 aliphatic rings. The maximum absolute atomic E-state index is 11.5. The van der Waals surface area contributed by atoms with Crippen molar-refractivity contribution in [3.8, 4) is 12.8 Å². The molecule has 138 valence electrons. The van der Waals surface area contributed by atoms with Gasteiger partial charge in [0, 0.05) is 12.2 Å². The zero-order valence-electron chi connectivity index (χ0n) is 11.0. The fourth-order valence-corrected chi connectivity index (χ4v) is 0.461. The minimum atomic E-state index is -3.90. The summed E-state index contributed by atoms with van der Waals surface area (Å²) < 4.78 is 131. The molecule has 0 fully saturated rings. The second kappa shape index (κ2) is 12.1. The molecule has 24 heavy (non-hydrogen) atoms. The Labute approximate surface area is 127 Å². The van der Waals surface area contributed by atoms with E-state index in [1.807, 2.05) is 0 Å². The van der Waals surface area contributed by atoms with E-state index in [0.29, 0.717) is 0 Å². The first-order chi connectivity index (χ1) is 10.7. The SMILES string of the molecule is C#C.FC(F)=C(F)F.FC(F)=CC=C(F)F.FC1(F)C=CC1(F)F. The normalized spacial score (nSPS) is 14.6. The van der Waals surface area contributed by atoms with Gasteiger partial charge in [-0.05, 0) is 12.2 Å². The quantitative estimate of drug-likeness (QED) is 0.208. The summed E-state index contributed by atoms with van der Waals surface area (Å²) >= 11 is 0. The highest BCUT2D eigenvalue weighted by Crippen LogP contribution is 2.43. The molecule has 12 heteroatoms. The van der Waals surface area contributed by atoms with Gasteiger partial charge in [-0.2, -0.15) is 52.7 Å². The Kier molecular flexibility index (Phi) is 13.4. The minimum Gasteiger partial charge on any atom is -0.195 e. The zero-order valence-corrected chi connectivity index (χ0v) is 11.0. The molecule has 0 aliphatic heterocycles. The largest absolute Gasteiger partial charge is 0.334 e. The smallest absolute Gasteiger partial charge is 0.195 e. The van der Waals surface area contributed by atoms with Gasteiger partial charge in [0.05, 0.1) is 0 Å². The van der Waals surface area contributed by atoms with E-state index in [1.54, 1.807) is 0 Å². The lowest BCUT2D eigenvalue weighted by atomic mass is 10.0. The van der Waals surface area contributed by atoms with Crippen LogP contribution in [-0.4, -0.2) is 11.8 Å². The Morgan fingerprint density at radius 2 is 0.792 bits per heavy atom. The van der Waals surface area contributed by atoms with Crippen molar-refractivity contribution in [2.24, 2.45) is 0 Å². The average Bonchev–Trinajstić information content (AvgIpc) is 2.47. The van der Waals surface area contributed by atoms with E-state index in [1.165, 1.54) is 0 Å². The van der Waals surface area contributed by atoms with Crippen molar-refractivity contribution in [1.29, 1.82) is 0 Å². The Hall–Kier alpha value is -2.32. The molecule has 0 nitrogen and oxygen atoms in total. The summed E-state index contributed by atoms with van der Waals surface area (Å²) in [6, 6.07) is 0. The second-order valence-corrected chi connectivity index (χ2v) is 3.01. The van der Waals surface area contributed by atoms with Gasteiger partial charge in [-0.3, -0.25) is 0 Å². The Morgan fingerprint density at radius 3 is 0.833 bits per heavy atom. The third-order valence-electron chi connectivity index (χ3n) is 1.42. The topological polar surface area (TPSA) is 0 Å². The van der Waals surface area contributed by atoms with Crippen LogP contribution in [0.5, 0.6) is 0 Å². The molecule has 0 amide bonds. The van der Waals surface area contributed by atoms with Crippen molar-refractivity contribution < 1.29 is 52.7 Å². The third-order valence-corrected chi connectivity index (χ3v) is 1.42. The number of allylic oxidation sites excluding steroid dienone is 4. The van der Waals surface area contributed by atoms with Gasteiger partial charge in [0.2, 0.25) is 0 Å². The van der Waals surface area contributed by atoms with Gasteiger partial charge in [-0.15, -0.1) is 12.8 Å². The molecule has 0 aromatic rings. The maximum Gasteiger partial charge on any atom is 0.334 e. The number of alkyl halides is 4. The molecule has 0 saturated heterocycles. The molecule has 0 saturated carbocycles. The van der Waals surface area contributed by atoms with E-state index in [2.05, 4.69) is 12.8 Å². The monoisotopic (exact) mass is 378 g/mol. The van der Waals surface area contributed by atoms with Gasteiger partial charge in [0.25, 0.3) is 12.2 Å². The second-order valence-electron chi connectivity index (χ2n) is 3.01. The molecule has 0 N–H and O–H groups in total. The van der Waals surface area contributed by atoms with Crippen LogP contribution < -0.4 is 0 Å². The van der Waals surface area contributed by atoms with E-state index in [4.69, 9.17) is 0 Å². The van der Waals surface area contributed by atoms with Crippen LogP contribution in [0.15, 0.2) is 48.6 Å². The van der Waals surface area contributed by atoms with Gasteiger partial charge >= 0.3 is 24.0 Å². The molecule has 0 unspecified atom stereocenters. The molecule has 0 bridgehead atoms. The van der Waals surface area contributed by atoms with Crippen LogP contribution >= 0.6 is 0 Å². The number of terminal acetylenes is 1. The molecule has 0 atom stereocenters. The molecule has 0 radical (unpaired) electrons. The molecule has 0 spiro atoms. The molecule has 0 heterocycles. The van der Waals surface area contributed by atoms with Crippen molar-refractivity contribution in [1.82, 2.24) is 0 Å². The Balaban J connectivity index is -0.000000265. The molecule has 1 aliphatic carbocycles. The van der Waals surface area contributed by atoms with E-state index in [9.17, 15) is 52.7 Å². The van der Waals surface area contributed by atoms with Crippen molar-refractivity contribution in [2.45, 2.75) is 11.8 Å². The summed E-state index contributed by atoms with van der Waals surface area (Å²) in [5.74, 6) is -7.79. The summed E-state index contributed by atoms with van der Waals surface area (Å²) in [5.41, 5.74) is 0. The highest BCUT2D eigenvalue weighted by Gasteiger charge is 2.59. The lowest BCUT2D eigenvalue weighted by Gasteiger charge is -2.27. The zero-order chi connectivity index (χ0) is 20.1. The van der Waals surface area contributed by atoms with Crippen molar-refractivity contribution in [3.05, 3.63) is 48.6 Å². The van der Waals surface area contributed by atoms with Gasteiger partial charge < -0.3 is 0 Å². The van der Waals surface area contributed by atoms with E-state index < -0.39 is 36.2 Å². The molecular weight excluding hydrogens is 372 g/mol. The fraction of sp³-hybridized carbons (Fsp3) is 0.167. The predicted octanol–water partition coefficient (Wildman–Crippen LogP) is 6.61. The molecular formula is C12H6F12. The summed E-state index contributed by atoms with van der Waals surface area (Å²) in [6.07, 6.45) is -1.62. The van der Waals surface area contributed by atoms with Crippen LogP contribution in [0.2, 0.25) is 0 Å². The highest BCUT2D eigenvalue weighted by atomic mass is 19.3. The standard InChI is InChI=1S/2C4H2F4.C2F4.C2H2/c5-3(6)1-2-4(3,7)8;5-3(6)1-2-4(7)8;3-1(4)2(5)6;1-2/h2*1-2H;;1-2H. The maximum atomic E-state index is 11.5. The summed E-state index contributed by atoms with van der Waals surface area (Å²) in [7, 11) is 0. The highest BCUT2D eigenvalue weighted by molar-refractivity contribution is 5.22. The molecule has 0 aromatic heterocycles. The van der Waals surface area contributed by atoms with Crippen LogP contribution in [0, 0.1) is 12.8 Å². The number of hydrogen-bond acceptors (Lipinski definition) is 0. The van der Waals surface area contributed by atoms with Gasteiger partial charge in [0.15, 0.2) is 0 Å². The van der Waals surface area contributed by atoms with E-state index in [0.717, 1.165) is 0 Å². The predicted molar refractivity (Wildman–Crippen MR) is 61.0 cm³/mol. The van der Waals surface area contributed by atoms with Gasteiger partial charge in [-0.1, -0.05) is 0 Å². The molecule has 0 aromatic carbocycles. The average molecular weight is 378 g/mol. The van der Waals surface area contributed by atoms with Gasteiger partial charge in [-0.25, -0.2) is 0 Å². The van der Waals surface area contributed by atoms with Crippen LogP contribution in [0.1, 0.15) is 0 Å². The van der Waals surface area contributed by atoms with Gasteiger partial charge in [0.1, 0.15) is 0 Å². The van der Waals surface area contributed by atoms with E-state index >= 15 is 0 Å². The van der Waals surface area contributed by atoms with E-state index in [-0.39, 0.29) is 24.3 Å². The first kappa shape index (κ1) is 26.6. The van der Waals surface area contributed by atoms with Crippen LogP contribution in [0.4, 0.5) is 52.7 Å². The first-order valence-corrected chi connectivity index (χ1v) is 4.92. The lowest BCUT2D eigenvalue weighted by Crippen LogP contribution is -2.43. The van der Waals surface area contributed by atoms with Crippen molar-refractivity contribution >= 4 is 0 Å². The van der Waals surface area contributed by atoms with Crippen LogP contribution in [-0.2, 0) is 0 Å². The summed E-state index contributed by atoms with van der Waals surface area (Å²) in [4.78, 5) is 0. The fourth-order valence-electron chi connectivity index (χ4n) is 0.461. The number of halogens is 12. The van der Waals surface area contributed by atoms with Crippen LogP contribution in [0.3, 0.4) is 0 Å². The summed E-state index contributed by atoms with van der Waals surface area (Å²) in [6.45, 7) is 0. The lowest BCUT2D eigenvalue weighted by molar-refractivity contribution is -0.169. The third kappa shape index (κ3) is 13.4. The molecule has 1 rings (SSSR count). The number of rotatable bonds is 1. The van der Waals surface area contributed by atoms with Crippen LogP contribution in [0.25, 0.3) is 0 Å². The Bertz CT molecular complexity index is 451. The summed E-state index contributed by atoms with van der Waals surface area (Å²) in [5, 5.41) is 0. The number of hydrogen-bond donors (Lipinski definition) is 0. The first-order valence-electron chi connectivity index (χ1n) is 4.92. The Morgan fingerprint density at radius 1 is 0.583 bits per heavy atom. The van der Waals surface area contributed by atoms with Crippen molar-refractivity contribution in [2.75, 3.05) is 0 Å².